The molecule has 2 heteroatoms. The minimum atomic E-state index is 0.0340. The predicted octanol–water partition coefficient (Wildman–Crippen LogP) is 3.38. The third-order valence-electron chi connectivity index (χ3n) is 1.96. The molecule has 2 nitrogen and oxygen atoms in total. The van der Waals surface area contributed by atoms with E-state index in [0.29, 0.717) is 13.0 Å². The van der Waals surface area contributed by atoms with Crippen LogP contribution < -0.4 is 0 Å². The van der Waals surface area contributed by atoms with Crippen molar-refractivity contribution in [3.05, 3.63) is 0 Å². The van der Waals surface area contributed by atoms with Gasteiger partial charge in [-0.1, -0.05) is 41.5 Å². The van der Waals surface area contributed by atoms with Gasteiger partial charge in [0.05, 0.1) is 25.2 Å². The number of ether oxygens (including phenoxy) is 1. The van der Waals surface area contributed by atoms with Crippen molar-refractivity contribution in [2.24, 2.45) is 10.8 Å². The van der Waals surface area contributed by atoms with Gasteiger partial charge in [0.25, 0.3) is 0 Å². The smallest absolute Gasteiger partial charge is 0.0753 e. The highest BCUT2D eigenvalue weighted by molar-refractivity contribution is 4.84. The number of rotatable bonds is 3. The fourth-order valence-electron chi connectivity index (χ4n) is 1.05. The molecule has 0 aliphatic rings. The van der Waals surface area contributed by atoms with Gasteiger partial charge < -0.3 is 4.74 Å². The van der Waals surface area contributed by atoms with Gasteiger partial charge in [-0.05, 0) is 10.8 Å². The van der Waals surface area contributed by atoms with Crippen molar-refractivity contribution in [2.45, 2.75) is 54.1 Å². The van der Waals surface area contributed by atoms with E-state index in [-0.39, 0.29) is 16.9 Å². The molecule has 0 aromatic heterocycles. The Bertz CT molecular complexity index is 202. The van der Waals surface area contributed by atoms with Crippen molar-refractivity contribution in [3.8, 4) is 6.07 Å². The third-order valence-corrected chi connectivity index (χ3v) is 1.96. The van der Waals surface area contributed by atoms with Gasteiger partial charge in [-0.2, -0.15) is 5.26 Å². The van der Waals surface area contributed by atoms with Crippen LogP contribution in [0.15, 0.2) is 0 Å². The summed E-state index contributed by atoms with van der Waals surface area (Å²) in [7, 11) is 0. The maximum Gasteiger partial charge on any atom is 0.0753 e. The Labute approximate surface area is 88.3 Å². The zero-order chi connectivity index (χ0) is 11.4. The van der Waals surface area contributed by atoms with E-state index >= 15 is 0 Å². The Hall–Kier alpha value is -0.550. The van der Waals surface area contributed by atoms with Gasteiger partial charge in [-0.25, -0.2) is 0 Å². The van der Waals surface area contributed by atoms with E-state index in [1.807, 2.05) is 0 Å². The Morgan fingerprint density at radius 1 is 1.14 bits per heavy atom. The third kappa shape index (κ3) is 5.99. The van der Waals surface area contributed by atoms with Crippen molar-refractivity contribution >= 4 is 0 Å². The Kier molecular flexibility index (Phi) is 4.61. The lowest BCUT2D eigenvalue weighted by Crippen LogP contribution is -2.32. The zero-order valence-electron chi connectivity index (χ0n) is 10.3. The maximum absolute atomic E-state index is 8.70. The van der Waals surface area contributed by atoms with E-state index in [1.165, 1.54) is 0 Å². The molecule has 0 saturated carbocycles. The Balaban J connectivity index is 4.20. The monoisotopic (exact) mass is 197 g/mol. The molecule has 0 N–H and O–H groups in total. The largest absolute Gasteiger partial charge is 0.376 e. The highest BCUT2D eigenvalue weighted by atomic mass is 16.5. The molecule has 1 atom stereocenters. The van der Waals surface area contributed by atoms with Crippen molar-refractivity contribution in [3.63, 3.8) is 0 Å². The van der Waals surface area contributed by atoms with Crippen molar-refractivity contribution in [1.29, 1.82) is 5.26 Å². The van der Waals surface area contributed by atoms with Crippen molar-refractivity contribution in [2.75, 3.05) is 6.61 Å². The first-order chi connectivity index (χ1) is 6.17. The molecular formula is C12H23NO. The van der Waals surface area contributed by atoms with E-state index in [1.54, 1.807) is 0 Å². The zero-order valence-corrected chi connectivity index (χ0v) is 10.3. The summed E-state index contributed by atoms with van der Waals surface area (Å²) in [6, 6.07) is 2.19. The van der Waals surface area contributed by atoms with Crippen molar-refractivity contribution < 1.29 is 4.74 Å². The fourth-order valence-corrected chi connectivity index (χ4v) is 1.05. The van der Waals surface area contributed by atoms with Crippen LogP contribution in [0.25, 0.3) is 0 Å². The highest BCUT2D eigenvalue weighted by Crippen LogP contribution is 2.26. The quantitative estimate of drug-likeness (QED) is 0.695. The van der Waals surface area contributed by atoms with Crippen LogP contribution in [0.4, 0.5) is 0 Å². The molecule has 0 fully saturated rings. The van der Waals surface area contributed by atoms with Crippen LogP contribution in [-0.2, 0) is 4.74 Å². The second-order valence-electron chi connectivity index (χ2n) is 6.09. The summed E-state index contributed by atoms with van der Waals surface area (Å²) >= 11 is 0. The minimum Gasteiger partial charge on any atom is -0.376 e. The summed E-state index contributed by atoms with van der Waals surface area (Å²) in [6.45, 7) is 13.4. The highest BCUT2D eigenvalue weighted by Gasteiger charge is 2.26. The molecule has 0 aromatic carbocycles. The lowest BCUT2D eigenvalue weighted by atomic mass is 9.87. The Morgan fingerprint density at radius 2 is 1.64 bits per heavy atom. The van der Waals surface area contributed by atoms with Gasteiger partial charge in [-0.15, -0.1) is 0 Å². The number of hydrogen-bond donors (Lipinski definition) is 0. The summed E-state index contributed by atoms with van der Waals surface area (Å²) in [6.07, 6.45) is 0.506. The van der Waals surface area contributed by atoms with E-state index in [4.69, 9.17) is 10.00 Å². The van der Waals surface area contributed by atoms with Crippen LogP contribution in [0, 0.1) is 22.2 Å². The predicted molar refractivity (Wildman–Crippen MR) is 58.9 cm³/mol. The summed E-state index contributed by atoms with van der Waals surface area (Å²) < 4.78 is 5.79. The summed E-state index contributed by atoms with van der Waals surface area (Å²) in [5.74, 6) is 0. The maximum atomic E-state index is 8.70. The van der Waals surface area contributed by atoms with Gasteiger partial charge >= 0.3 is 0 Å². The normalized spacial score (nSPS) is 14.9. The summed E-state index contributed by atoms with van der Waals surface area (Å²) in [4.78, 5) is 0. The molecule has 0 aliphatic heterocycles. The minimum absolute atomic E-state index is 0.0340. The molecule has 0 aliphatic carbocycles. The van der Waals surface area contributed by atoms with Crippen molar-refractivity contribution in [1.82, 2.24) is 0 Å². The second-order valence-corrected chi connectivity index (χ2v) is 6.09. The summed E-state index contributed by atoms with van der Waals surface area (Å²) in [5.41, 5.74) is 0.208. The molecule has 0 spiro atoms. The van der Waals surface area contributed by atoms with Crippen LogP contribution in [0.3, 0.4) is 0 Å². The van der Waals surface area contributed by atoms with E-state index < -0.39 is 0 Å². The van der Waals surface area contributed by atoms with E-state index in [9.17, 15) is 0 Å². The SMILES string of the molecule is CC(C)(C)COC(CC#N)C(C)(C)C. The molecule has 0 bridgehead atoms. The average molecular weight is 197 g/mol. The van der Waals surface area contributed by atoms with Crippen LogP contribution in [0.1, 0.15) is 48.0 Å². The van der Waals surface area contributed by atoms with Crippen LogP contribution in [0.2, 0.25) is 0 Å². The van der Waals surface area contributed by atoms with Gasteiger partial charge in [0.15, 0.2) is 0 Å². The lowest BCUT2D eigenvalue weighted by Gasteiger charge is -2.31. The van der Waals surface area contributed by atoms with Crippen LogP contribution >= 0.6 is 0 Å². The molecule has 0 heterocycles. The standard InChI is InChI=1S/C12H23NO/c1-11(2,3)9-14-10(7-8-13)12(4,5)6/h10H,7,9H2,1-6H3. The topological polar surface area (TPSA) is 33.0 Å². The molecule has 0 saturated heterocycles. The first-order valence-corrected chi connectivity index (χ1v) is 5.15. The number of nitrogens with zero attached hydrogens (tertiary/aromatic N) is 1. The van der Waals surface area contributed by atoms with E-state index in [0.717, 1.165) is 0 Å². The molecule has 14 heavy (non-hydrogen) atoms. The van der Waals surface area contributed by atoms with Gasteiger partial charge in [0.2, 0.25) is 0 Å². The second kappa shape index (κ2) is 4.79. The molecule has 1 unspecified atom stereocenters. The first kappa shape index (κ1) is 13.4. The average Bonchev–Trinajstić information content (AvgIpc) is 1.93. The molecule has 0 aromatic rings. The Morgan fingerprint density at radius 3 is 1.93 bits per heavy atom. The fraction of sp³-hybridized carbons (Fsp3) is 0.917. The van der Waals surface area contributed by atoms with Crippen LogP contribution in [-0.4, -0.2) is 12.7 Å². The lowest BCUT2D eigenvalue weighted by molar-refractivity contribution is -0.0441. The number of nitriles is 1. The molecule has 0 amide bonds. The van der Waals surface area contributed by atoms with Gasteiger partial charge in [0, 0.05) is 0 Å². The molecular weight excluding hydrogens is 174 g/mol. The van der Waals surface area contributed by atoms with Crippen LogP contribution in [0.5, 0.6) is 0 Å². The van der Waals surface area contributed by atoms with E-state index in [2.05, 4.69) is 47.6 Å². The number of hydrogen-bond acceptors (Lipinski definition) is 2. The first-order valence-electron chi connectivity index (χ1n) is 5.15. The van der Waals surface area contributed by atoms with Gasteiger partial charge in [0.1, 0.15) is 0 Å². The van der Waals surface area contributed by atoms with Gasteiger partial charge in [-0.3, -0.25) is 0 Å². The molecule has 82 valence electrons. The summed E-state index contributed by atoms with van der Waals surface area (Å²) in [5, 5.41) is 8.70. The molecule has 0 rings (SSSR count). The molecule has 0 radical (unpaired) electrons.